The van der Waals surface area contributed by atoms with Gasteiger partial charge in [-0.25, -0.2) is 4.79 Å². The zero-order valence-corrected chi connectivity index (χ0v) is 9.55. The standard InChI is InChI=1S/C11H19N3O/c1-14(2)10(15)13-11(9-12)7-5-3-4-6-8-11/h3-8H2,1-2H3,(H,13,15). The minimum absolute atomic E-state index is 0.168. The van der Waals surface area contributed by atoms with Crippen LogP contribution in [0.2, 0.25) is 0 Å². The molecule has 2 amide bonds. The van der Waals surface area contributed by atoms with E-state index in [2.05, 4.69) is 11.4 Å². The molecule has 0 aromatic heterocycles. The van der Waals surface area contributed by atoms with Gasteiger partial charge in [0, 0.05) is 14.1 Å². The summed E-state index contributed by atoms with van der Waals surface area (Å²) in [6.45, 7) is 0. The maximum absolute atomic E-state index is 11.6. The molecule has 0 spiro atoms. The van der Waals surface area contributed by atoms with Crippen LogP contribution in [0.15, 0.2) is 0 Å². The lowest BCUT2D eigenvalue weighted by Gasteiger charge is -2.27. The molecule has 15 heavy (non-hydrogen) atoms. The highest BCUT2D eigenvalue weighted by atomic mass is 16.2. The predicted molar refractivity (Wildman–Crippen MR) is 58.3 cm³/mol. The van der Waals surface area contributed by atoms with Crippen molar-refractivity contribution in [1.29, 1.82) is 5.26 Å². The molecule has 1 saturated carbocycles. The van der Waals surface area contributed by atoms with Crippen molar-refractivity contribution in [2.24, 2.45) is 0 Å². The summed E-state index contributed by atoms with van der Waals surface area (Å²) in [7, 11) is 3.38. The molecule has 84 valence electrons. The topological polar surface area (TPSA) is 56.1 Å². The summed E-state index contributed by atoms with van der Waals surface area (Å²) in [6.07, 6.45) is 5.96. The van der Waals surface area contributed by atoms with Crippen molar-refractivity contribution in [1.82, 2.24) is 10.2 Å². The smallest absolute Gasteiger partial charge is 0.318 e. The number of urea groups is 1. The van der Waals surface area contributed by atoms with Crippen molar-refractivity contribution in [2.45, 2.75) is 44.1 Å². The van der Waals surface area contributed by atoms with Crippen molar-refractivity contribution in [3.8, 4) is 6.07 Å². The summed E-state index contributed by atoms with van der Waals surface area (Å²) in [5.74, 6) is 0. The quantitative estimate of drug-likeness (QED) is 0.670. The molecule has 0 bridgehead atoms. The minimum atomic E-state index is -0.627. The van der Waals surface area contributed by atoms with Crippen LogP contribution < -0.4 is 5.32 Å². The molecule has 0 saturated heterocycles. The fraction of sp³-hybridized carbons (Fsp3) is 0.818. The average molecular weight is 209 g/mol. The van der Waals surface area contributed by atoms with Crippen LogP contribution in [0, 0.1) is 11.3 Å². The number of carbonyl (C=O) groups is 1. The molecule has 1 rings (SSSR count). The molecule has 0 aliphatic heterocycles. The van der Waals surface area contributed by atoms with Crippen LogP contribution in [0.4, 0.5) is 4.79 Å². The van der Waals surface area contributed by atoms with Crippen molar-refractivity contribution >= 4 is 6.03 Å². The van der Waals surface area contributed by atoms with Crippen LogP contribution >= 0.6 is 0 Å². The van der Waals surface area contributed by atoms with Gasteiger partial charge in [-0.05, 0) is 12.8 Å². The normalized spacial score (nSPS) is 19.8. The number of nitrogens with one attached hydrogen (secondary N) is 1. The Morgan fingerprint density at radius 1 is 1.27 bits per heavy atom. The second-order valence-corrected chi connectivity index (χ2v) is 4.43. The number of nitriles is 1. The van der Waals surface area contributed by atoms with E-state index in [1.807, 2.05) is 0 Å². The molecule has 0 radical (unpaired) electrons. The van der Waals surface area contributed by atoms with Gasteiger partial charge in [0.2, 0.25) is 0 Å². The lowest BCUT2D eigenvalue weighted by molar-refractivity contribution is 0.205. The van der Waals surface area contributed by atoms with Gasteiger partial charge in [0.1, 0.15) is 5.54 Å². The Bertz CT molecular complexity index is 259. The molecule has 0 aromatic carbocycles. The number of hydrogen-bond donors (Lipinski definition) is 1. The van der Waals surface area contributed by atoms with E-state index in [0.717, 1.165) is 25.7 Å². The molecule has 1 aliphatic rings. The van der Waals surface area contributed by atoms with E-state index in [1.54, 1.807) is 14.1 Å². The Morgan fingerprint density at radius 2 is 1.80 bits per heavy atom. The van der Waals surface area contributed by atoms with E-state index >= 15 is 0 Å². The molecule has 0 heterocycles. The third-order valence-corrected chi connectivity index (χ3v) is 2.92. The third kappa shape index (κ3) is 3.12. The van der Waals surface area contributed by atoms with Gasteiger partial charge >= 0.3 is 6.03 Å². The summed E-state index contributed by atoms with van der Waals surface area (Å²) >= 11 is 0. The van der Waals surface area contributed by atoms with Crippen LogP contribution in [-0.2, 0) is 0 Å². The number of amides is 2. The molecule has 4 heteroatoms. The first-order valence-electron chi connectivity index (χ1n) is 5.50. The number of rotatable bonds is 1. The van der Waals surface area contributed by atoms with Crippen LogP contribution in [0.5, 0.6) is 0 Å². The molecular weight excluding hydrogens is 190 g/mol. The highest BCUT2D eigenvalue weighted by Gasteiger charge is 2.32. The number of hydrogen-bond acceptors (Lipinski definition) is 2. The van der Waals surface area contributed by atoms with Gasteiger partial charge in [0.15, 0.2) is 0 Å². The molecule has 1 aliphatic carbocycles. The lowest BCUT2D eigenvalue weighted by atomic mass is 9.92. The van der Waals surface area contributed by atoms with Gasteiger partial charge in [0.25, 0.3) is 0 Å². The van der Waals surface area contributed by atoms with Crippen molar-refractivity contribution in [3.05, 3.63) is 0 Å². The fourth-order valence-corrected chi connectivity index (χ4v) is 1.91. The number of nitrogens with zero attached hydrogens (tertiary/aromatic N) is 2. The zero-order valence-electron chi connectivity index (χ0n) is 9.55. The first-order valence-corrected chi connectivity index (χ1v) is 5.50. The van der Waals surface area contributed by atoms with Gasteiger partial charge in [-0.2, -0.15) is 5.26 Å². The lowest BCUT2D eigenvalue weighted by Crippen LogP contribution is -2.50. The van der Waals surface area contributed by atoms with Gasteiger partial charge in [-0.3, -0.25) is 0 Å². The van der Waals surface area contributed by atoms with Gasteiger partial charge < -0.3 is 10.2 Å². The van der Waals surface area contributed by atoms with Crippen molar-refractivity contribution in [2.75, 3.05) is 14.1 Å². The first kappa shape index (κ1) is 11.8. The SMILES string of the molecule is CN(C)C(=O)NC1(C#N)CCCCCC1. The molecule has 4 nitrogen and oxygen atoms in total. The summed E-state index contributed by atoms with van der Waals surface area (Å²) in [6, 6.07) is 2.12. The predicted octanol–water partition coefficient (Wildman–Crippen LogP) is 1.87. The van der Waals surface area contributed by atoms with E-state index in [4.69, 9.17) is 0 Å². The van der Waals surface area contributed by atoms with Gasteiger partial charge in [-0.1, -0.05) is 25.7 Å². The monoisotopic (exact) mass is 209 g/mol. The summed E-state index contributed by atoms with van der Waals surface area (Å²) in [4.78, 5) is 13.0. The Kier molecular flexibility index (Phi) is 3.96. The van der Waals surface area contributed by atoms with Crippen molar-refractivity contribution in [3.63, 3.8) is 0 Å². The molecule has 0 atom stereocenters. The highest BCUT2D eigenvalue weighted by Crippen LogP contribution is 2.26. The fourth-order valence-electron chi connectivity index (χ4n) is 1.91. The largest absolute Gasteiger partial charge is 0.331 e. The minimum Gasteiger partial charge on any atom is -0.331 e. The van der Waals surface area contributed by atoms with Crippen molar-refractivity contribution < 1.29 is 4.79 Å². The second kappa shape index (κ2) is 5.01. The zero-order chi connectivity index (χ0) is 11.3. The Labute approximate surface area is 91.2 Å². The highest BCUT2D eigenvalue weighted by molar-refractivity contribution is 5.75. The van der Waals surface area contributed by atoms with E-state index < -0.39 is 5.54 Å². The summed E-state index contributed by atoms with van der Waals surface area (Å²) < 4.78 is 0. The molecule has 0 aromatic rings. The first-order chi connectivity index (χ1) is 7.09. The maximum atomic E-state index is 11.6. The average Bonchev–Trinajstić information content (AvgIpc) is 2.44. The molecular formula is C11H19N3O. The Hall–Kier alpha value is -1.24. The van der Waals surface area contributed by atoms with Gasteiger partial charge in [0.05, 0.1) is 6.07 Å². The van der Waals surface area contributed by atoms with Crippen LogP contribution in [0.3, 0.4) is 0 Å². The third-order valence-electron chi connectivity index (χ3n) is 2.92. The van der Waals surface area contributed by atoms with E-state index in [-0.39, 0.29) is 6.03 Å². The van der Waals surface area contributed by atoms with Gasteiger partial charge in [-0.15, -0.1) is 0 Å². The maximum Gasteiger partial charge on any atom is 0.318 e. The van der Waals surface area contributed by atoms with Crippen LogP contribution in [0.1, 0.15) is 38.5 Å². The Morgan fingerprint density at radius 3 is 2.20 bits per heavy atom. The van der Waals surface area contributed by atoms with E-state index in [9.17, 15) is 10.1 Å². The number of carbonyl (C=O) groups excluding carboxylic acids is 1. The van der Waals surface area contributed by atoms with E-state index in [0.29, 0.717) is 0 Å². The summed E-state index contributed by atoms with van der Waals surface area (Å²) in [5, 5.41) is 12.1. The second-order valence-electron chi connectivity index (χ2n) is 4.43. The summed E-state index contributed by atoms with van der Waals surface area (Å²) in [5.41, 5.74) is -0.627. The Balaban J connectivity index is 2.67. The van der Waals surface area contributed by atoms with Crippen LogP contribution in [0.25, 0.3) is 0 Å². The molecule has 0 unspecified atom stereocenters. The van der Waals surface area contributed by atoms with E-state index in [1.165, 1.54) is 17.7 Å². The molecule has 1 N–H and O–H groups in total. The molecule has 1 fully saturated rings. The van der Waals surface area contributed by atoms with Crippen LogP contribution in [-0.4, -0.2) is 30.6 Å².